The molecule has 1 amide bonds. The lowest BCUT2D eigenvalue weighted by Gasteiger charge is -2.33. The number of rotatable bonds is 5. The standard InChI is InChI=1S/C14H27N3O.2ClH/c1-10(2)9-13(15)14(18)16-11-5-7-17(8-6-11)12-3-4-12;;/h10-13H,3-9,15H2,1-2H3,(H,16,18);2*1H/t13-;;/m0../s1. The van der Waals surface area contributed by atoms with E-state index in [1.54, 1.807) is 0 Å². The van der Waals surface area contributed by atoms with Crippen LogP contribution in [0.3, 0.4) is 0 Å². The van der Waals surface area contributed by atoms with Crippen molar-refractivity contribution in [2.75, 3.05) is 13.1 Å². The third-order valence-electron chi connectivity index (χ3n) is 4.00. The second-order valence-electron chi connectivity index (χ2n) is 6.29. The van der Waals surface area contributed by atoms with Crippen LogP contribution < -0.4 is 11.1 Å². The van der Waals surface area contributed by atoms with Crippen molar-refractivity contribution in [3.05, 3.63) is 0 Å². The van der Waals surface area contributed by atoms with E-state index < -0.39 is 0 Å². The lowest BCUT2D eigenvalue weighted by atomic mass is 10.0. The summed E-state index contributed by atoms with van der Waals surface area (Å²) >= 11 is 0. The lowest BCUT2D eigenvalue weighted by Crippen LogP contribution is -2.50. The number of carbonyl (C=O) groups is 1. The van der Waals surface area contributed by atoms with Crippen molar-refractivity contribution >= 4 is 30.7 Å². The summed E-state index contributed by atoms with van der Waals surface area (Å²) < 4.78 is 0. The highest BCUT2D eigenvalue weighted by Gasteiger charge is 2.32. The summed E-state index contributed by atoms with van der Waals surface area (Å²) in [5.74, 6) is 0.510. The molecule has 2 aliphatic rings. The van der Waals surface area contributed by atoms with Crippen LogP contribution >= 0.6 is 24.8 Å². The molecule has 6 heteroatoms. The Morgan fingerprint density at radius 2 is 1.75 bits per heavy atom. The molecule has 3 N–H and O–H groups in total. The van der Waals surface area contributed by atoms with E-state index in [1.807, 2.05) is 0 Å². The Bertz CT molecular complexity index is 290. The molecule has 0 aromatic rings. The van der Waals surface area contributed by atoms with E-state index in [0.29, 0.717) is 12.0 Å². The van der Waals surface area contributed by atoms with Crippen molar-refractivity contribution in [3.63, 3.8) is 0 Å². The van der Waals surface area contributed by atoms with Crippen LogP contribution in [0.4, 0.5) is 0 Å². The Balaban J connectivity index is 0.00000180. The van der Waals surface area contributed by atoms with Gasteiger partial charge in [0.25, 0.3) is 0 Å². The molecule has 1 saturated carbocycles. The fourth-order valence-electron chi connectivity index (χ4n) is 2.77. The summed E-state index contributed by atoms with van der Waals surface area (Å²) in [4.78, 5) is 14.5. The molecule has 1 atom stereocenters. The molecule has 1 saturated heterocycles. The Morgan fingerprint density at radius 1 is 1.20 bits per heavy atom. The van der Waals surface area contributed by atoms with Gasteiger partial charge < -0.3 is 16.0 Å². The zero-order chi connectivity index (χ0) is 13.1. The summed E-state index contributed by atoms with van der Waals surface area (Å²) in [6, 6.07) is 0.849. The van der Waals surface area contributed by atoms with Crippen molar-refractivity contribution in [2.45, 2.75) is 64.1 Å². The van der Waals surface area contributed by atoms with Crippen molar-refractivity contribution in [3.8, 4) is 0 Å². The van der Waals surface area contributed by atoms with Crippen LogP contribution in [0.25, 0.3) is 0 Å². The first kappa shape index (κ1) is 20.0. The number of nitrogens with two attached hydrogens (primary N) is 1. The molecule has 4 nitrogen and oxygen atoms in total. The highest BCUT2D eigenvalue weighted by atomic mass is 35.5. The minimum Gasteiger partial charge on any atom is -0.352 e. The third-order valence-corrected chi connectivity index (χ3v) is 4.00. The lowest BCUT2D eigenvalue weighted by molar-refractivity contribution is -0.123. The van der Waals surface area contributed by atoms with E-state index in [0.717, 1.165) is 38.4 Å². The Labute approximate surface area is 135 Å². The predicted octanol–water partition coefficient (Wildman–Crippen LogP) is 1.95. The maximum absolute atomic E-state index is 11.9. The SMILES string of the molecule is CC(C)C[C@H](N)C(=O)NC1CCN(C2CC2)CC1.Cl.Cl. The topological polar surface area (TPSA) is 58.4 Å². The molecule has 0 bridgehead atoms. The van der Waals surface area contributed by atoms with E-state index in [-0.39, 0.29) is 36.8 Å². The smallest absolute Gasteiger partial charge is 0.237 e. The van der Waals surface area contributed by atoms with Crippen molar-refractivity contribution in [1.82, 2.24) is 10.2 Å². The van der Waals surface area contributed by atoms with Crippen LogP contribution in [0.15, 0.2) is 0 Å². The molecule has 1 heterocycles. The van der Waals surface area contributed by atoms with Gasteiger partial charge >= 0.3 is 0 Å². The van der Waals surface area contributed by atoms with Gasteiger partial charge in [-0.2, -0.15) is 0 Å². The first-order chi connectivity index (χ1) is 8.56. The summed E-state index contributed by atoms with van der Waals surface area (Å²) in [6.07, 6.45) is 5.67. The molecule has 0 spiro atoms. The summed E-state index contributed by atoms with van der Waals surface area (Å²) in [5.41, 5.74) is 5.90. The number of likely N-dealkylation sites (tertiary alicyclic amines) is 1. The largest absolute Gasteiger partial charge is 0.352 e. The molecule has 2 fully saturated rings. The van der Waals surface area contributed by atoms with Crippen LogP contribution in [0.5, 0.6) is 0 Å². The number of nitrogens with zero attached hydrogens (tertiary/aromatic N) is 1. The predicted molar refractivity (Wildman–Crippen MR) is 87.7 cm³/mol. The molecule has 20 heavy (non-hydrogen) atoms. The highest BCUT2D eigenvalue weighted by Crippen LogP contribution is 2.29. The zero-order valence-corrected chi connectivity index (χ0v) is 14.1. The highest BCUT2D eigenvalue weighted by molar-refractivity contribution is 5.85. The normalized spacial score (nSPS) is 21.8. The molecule has 120 valence electrons. The van der Waals surface area contributed by atoms with Gasteiger partial charge in [0.2, 0.25) is 5.91 Å². The average molecular weight is 326 g/mol. The molecular weight excluding hydrogens is 297 g/mol. The molecule has 0 aromatic heterocycles. The molecule has 2 rings (SSSR count). The Kier molecular flexibility index (Phi) is 9.07. The van der Waals surface area contributed by atoms with Gasteiger partial charge in [0, 0.05) is 25.2 Å². The number of hydrogen-bond acceptors (Lipinski definition) is 3. The Hall–Kier alpha value is -0.0300. The average Bonchev–Trinajstić information content (AvgIpc) is 3.13. The van der Waals surface area contributed by atoms with Gasteiger partial charge in [0.1, 0.15) is 0 Å². The number of piperidine rings is 1. The van der Waals surface area contributed by atoms with Gasteiger partial charge in [-0.15, -0.1) is 24.8 Å². The van der Waals surface area contributed by atoms with E-state index in [2.05, 4.69) is 24.1 Å². The van der Waals surface area contributed by atoms with E-state index in [9.17, 15) is 4.79 Å². The summed E-state index contributed by atoms with van der Waals surface area (Å²) in [7, 11) is 0. The third kappa shape index (κ3) is 6.17. The first-order valence-electron chi connectivity index (χ1n) is 7.36. The molecule has 1 aliphatic carbocycles. The number of nitrogens with one attached hydrogen (secondary N) is 1. The maximum atomic E-state index is 11.9. The van der Waals surface area contributed by atoms with Gasteiger partial charge in [0.05, 0.1) is 6.04 Å². The van der Waals surface area contributed by atoms with E-state index >= 15 is 0 Å². The van der Waals surface area contributed by atoms with Crippen LogP contribution in [0.1, 0.15) is 46.0 Å². The second-order valence-corrected chi connectivity index (χ2v) is 6.29. The van der Waals surface area contributed by atoms with E-state index in [1.165, 1.54) is 12.8 Å². The number of hydrogen-bond donors (Lipinski definition) is 2. The van der Waals surface area contributed by atoms with Crippen molar-refractivity contribution in [2.24, 2.45) is 11.7 Å². The van der Waals surface area contributed by atoms with Gasteiger partial charge in [-0.05, 0) is 38.0 Å². The molecule has 0 radical (unpaired) electrons. The Morgan fingerprint density at radius 3 is 2.20 bits per heavy atom. The number of carbonyl (C=O) groups excluding carboxylic acids is 1. The van der Waals surface area contributed by atoms with Crippen LogP contribution in [-0.4, -0.2) is 42.0 Å². The van der Waals surface area contributed by atoms with Crippen LogP contribution in [0, 0.1) is 5.92 Å². The minimum absolute atomic E-state index is 0. The van der Waals surface area contributed by atoms with Crippen molar-refractivity contribution in [1.29, 1.82) is 0 Å². The van der Waals surface area contributed by atoms with Crippen LogP contribution in [0.2, 0.25) is 0 Å². The fraction of sp³-hybridized carbons (Fsp3) is 0.929. The quantitative estimate of drug-likeness (QED) is 0.812. The summed E-state index contributed by atoms with van der Waals surface area (Å²) in [5, 5.41) is 3.11. The van der Waals surface area contributed by atoms with Crippen molar-refractivity contribution < 1.29 is 4.79 Å². The fourth-order valence-corrected chi connectivity index (χ4v) is 2.77. The maximum Gasteiger partial charge on any atom is 0.237 e. The second kappa shape index (κ2) is 9.08. The zero-order valence-electron chi connectivity index (χ0n) is 12.5. The first-order valence-corrected chi connectivity index (χ1v) is 7.36. The van der Waals surface area contributed by atoms with Gasteiger partial charge in [-0.3, -0.25) is 4.79 Å². The van der Waals surface area contributed by atoms with Gasteiger partial charge in [-0.1, -0.05) is 13.8 Å². The monoisotopic (exact) mass is 325 g/mol. The van der Waals surface area contributed by atoms with Crippen LogP contribution in [-0.2, 0) is 4.79 Å². The van der Waals surface area contributed by atoms with Gasteiger partial charge in [-0.25, -0.2) is 0 Å². The number of amides is 1. The summed E-state index contributed by atoms with van der Waals surface area (Å²) in [6.45, 7) is 6.46. The van der Waals surface area contributed by atoms with E-state index in [4.69, 9.17) is 5.73 Å². The molecular formula is C14H29Cl2N3O. The molecule has 0 unspecified atom stereocenters. The molecule has 0 aromatic carbocycles. The number of halogens is 2. The minimum atomic E-state index is -0.341. The van der Waals surface area contributed by atoms with Gasteiger partial charge in [0.15, 0.2) is 0 Å². The molecule has 1 aliphatic heterocycles.